The van der Waals surface area contributed by atoms with E-state index in [1.165, 1.54) is 0 Å². The fourth-order valence-electron chi connectivity index (χ4n) is 2.40. The molecule has 0 aromatic heterocycles. The van der Waals surface area contributed by atoms with E-state index in [4.69, 9.17) is 0 Å². The Kier molecular flexibility index (Phi) is 6.55. The predicted octanol–water partition coefficient (Wildman–Crippen LogP) is 0.342. The van der Waals surface area contributed by atoms with Crippen molar-refractivity contribution in [3.05, 3.63) is 0 Å². The molecule has 1 aliphatic rings. The lowest BCUT2D eigenvalue weighted by molar-refractivity contribution is 0.135. The molecule has 108 valence electrons. The van der Waals surface area contributed by atoms with Crippen LogP contribution in [0.5, 0.6) is 0 Å². The highest BCUT2D eigenvalue weighted by Gasteiger charge is 2.29. The number of piperazine rings is 1. The van der Waals surface area contributed by atoms with Crippen LogP contribution in [0.3, 0.4) is 0 Å². The first-order valence-electron chi connectivity index (χ1n) is 6.87. The van der Waals surface area contributed by atoms with Crippen LogP contribution in [0.15, 0.2) is 0 Å². The zero-order chi connectivity index (χ0) is 13.6. The summed E-state index contributed by atoms with van der Waals surface area (Å²) < 4.78 is 26.0. The standard InChI is InChI=1S/C12H27N3O2S/c1-4-14-8-9-15(11-12(14)2)18(16,17)10-6-5-7-13-3/h12-13H,4-11H2,1-3H3. The molecular weight excluding hydrogens is 250 g/mol. The first-order chi connectivity index (χ1) is 8.51. The molecule has 5 nitrogen and oxygen atoms in total. The second-order valence-electron chi connectivity index (χ2n) is 4.96. The first-order valence-corrected chi connectivity index (χ1v) is 8.48. The average Bonchev–Trinajstić information content (AvgIpc) is 2.34. The number of unbranched alkanes of at least 4 members (excludes halogenated alkanes) is 1. The summed E-state index contributed by atoms with van der Waals surface area (Å²) in [5.41, 5.74) is 0. The molecule has 0 saturated carbocycles. The van der Waals surface area contributed by atoms with Crippen molar-refractivity contribution in [3.8, 4) is 0 Å². The Hall–Kier alpha value is -0.170. The molecule has 0 radical (unpaired) electrons. The molecule has 18 heavy (non-hydrogen) atoms. The van der Waals surface area contributed by atoms with Crippen molar-refractivity contribution >= 4 is 10.0 Å². The Morgan fingerprint density at radius 1 is 1.28 bits per heavy atom. The molecule has 1 atom stereocenters. The highest BCUT2D eigenvalue weighted by atomic mass is 32.2. The molecule has 1 saturated heterocycles. The number of nitrogens with one attached hydrogen (secondary N) is 1. The predicted molar refractivity (Wildman–Crippen MR) is 75.2 cm³/mol. The van der Waals surface area contributed by atoms with E-state index < -0.39 is 10.0 Å². The number of sulfonamides is 1. The third-order valence-corrected chi connectivity index (χ3v) is 5.53. The van der Waals surface area contributed by atoms with Crippen LogP contribution >= 0.6 is 0 Å². The van der Waals surface area contributed by atoms with Gasteiger partial charge in [0.1, 0.15) is 0 Å². The van der Waals surface area contributed by atoms with Crippen molar-refractivity contribution in [3.63, 3.8) is 0 Å². The van der Waals surface area contributed by atoms with Crippen LogP contribution in [0, 0.1) is 0 Å². The van der Waals surface area contributed by atoms with E-state index in [1.54, 1.807) is 4.31 Å². The number of hydrogen-bond donors (Lipinski definition) is 1. The number of likely N-dealkylation sites (N-methyl/N-ethyl adjacent to an activating group) is 1. The summed E-state index contributed by atoms with van der Waals surface area (Å²) in [6.45, 7) is 8.25. The molecule has 0 spiro atoms. The summed E-state index contributed by atoms with van der Waals surface area (Å²) in [7, 11) is -1.16. The van der Waals surface area contributed by atoms with Gasteiger partial charge in [-0.25, -0.2) is 8.42 Å². The summed E-state index contributed by atoms with van der Waals surface area (Å²) in [5, 5.41) is 3.04. The second kappa shape index (κ2) is 7.43. The van der Waals surface area contributed by atoms with Crippen molar-refractivity contribution in [1.29, 1.82) is 0 Å². The minimum Gasteiger partial charge on any atom is -0.320 e. The summed E-state index contributed by atoms with van der Waals surface area (Å²) in [6.07, 6.45) is 1.66. The molecule has 1 fully saturated rings. The Bertz CT molecular complexity index is 332. The van der Waals surface area contributed by atoms with Gasteiger partial charge in [0.15, 0.2) is 0 Å². The molecule has 1 aliphatic heterocycles. The van der Waals surface area contributed by atoms with Crippen molar-refractivity contribution in [2.45, 2.75) is 32.7 Å². The maximum Gasteiger partial charge on any atom is 0.214 e. The smallest absolute Gasteiger partial charge is 0.214 e. The van der Waals surface area contributed by atoms with Crippen LogP contribution in [-0.4, -0.2) is 69.2 Å². The highest BCUT2D eigenvalue weighted by molar-refractivity contribution is 7.89. The molecule has 0 amide bonds. The van der Waals surface area contributed by atoms with Crippen LogP contribution in [-0.2, 0) is 10.0 Å². The summed E-state index contributed by atoms with van der Waals surface area (Å²) >= 11 is 0. The molecular formula is C12H27N3O2S. The van der Waals surface area contributed by atoms with E-state index in [0.29, 0.717) is 19.1 Å². The maximum atomic E-state index is 12.2. The van der Waals surface area contributed by atoms with Crippen molar-refractivity contribution in [2.24, 2.45) is 0 Å². The zero-order valence-corrected chi connectivity index (χ0v) is 12.7. The lowest BCUT2D eigenvalue weighted by Crippen LogP contribution is -2.53. The van der Waals surface area contributed by atoms with Gasteiger partial charge in [0, 0.05) is 25.7 Å². The van der Waals surface area contributed by atoms with Crippen LogP contribution in [0.4, 0.5) is 0 Å². The number of hydrogen-bond acceptors (Lipinski definition) is 4. The highest BCUT2D eigenvalue weighted by Crippen LogP contribution is 2.14. The molecule has 1 N–H and O–H groups in total. The Labute approximate surface area is 112 Å². The molecule has 0 aromatic rings. The van der Waals surface area contributed by atoms with E-state index in [1.807, 2.05) is 7.05 Å². The molecule has 0 bridgehead atoms. The van der Waals surface area contributed by atoms with Gasteiger partial charge in [0.05, 0.1) is 5.75 Å². The Morgan fingerprint density at radius 3 is 2.56 bits per heavy atom. The topological polar surface area (TPSA) is 52.7 Å². The molecule has 1 unspecified atom stereocenters. The van der Waals surface area contributed by atoms with Gasteiger partial charge in [-0.05, 0) is 39.9 Å². The van der Waals surface area contributed by atoms with Crippen molar-refractivity contribution < 1.29 is 8.42 Å². The third-order valence-electron chi connectivity index (χ3n) is 3.61. The molecule has 0 aliphatic carbocycles. The summed E-state index contributed by atoms with van der Waals surface area (Å²) in [5.74, 6) is 0.285. The Morgan fingerprint density at radius 2 is 2.00 bits per heavy atom. The fourth-order valence-corrected chi connectivity index (χ4v) is 4.03. The molecule has 1 heterocycles. The first kappa shape index (κ1) is 15.9. The van der Waals surface area contributed by atoms with E-state index in [0.717, 1.165) is 32.5 Å². The van der Waals surface area contributed by atoms with E-state index in [2.05, 4.69) is 24.1 Å². The minimum atomic E-state index is -3.05. The van der Waals surface area contributed by atoms with Gasteiger partial charge in [-0.2, -0.15) is 4.31 Å². The fraction of sp³-hybridized carbons (Fsp3) is 1.00. The van der Waals surface area contributed by atoms with Crippen LogP contribution in [0.2, 0.25) is 0 Å². The normalized spacial score (nSPS) is 23.4. The zero-order valence-electron chi connectivity index (χ0n) is 11.9. The Balaban J connectivity index is 2.43. The van der Waals surface area contributed by atoms with E-state index >= 15 is 0 Å². The van der Waals surface area contributed by atoms with Gasteiger partial charge >= 0.3 is 0 Å². The second-order valence-corrected chi connectivity index (χ2v) is 7.05. The van der Waals surface area contributed by atoms with Gasteiger partial charge in [-0.3, -0.25) is 4.90 Å². The number of rotatable bonds is 7. The molecule has 1 rings (SSSR count). The van der Waals surface area contributed by atoms with Gasteiger partial charge in [-0.15, -0.1) is 0 Å². The maximum absolute atomic E-state index is 12.2. The monoisotopic (exact) mass is 277 g/mol. The van der Waals surface area contributed by atoms with Gasteiger partial charge in [-0.1, -0.05) is 6.92 Å². The lowest BCUT2D eigenvalue weighted by Gasteiger charge is -2.38. The van der Waals surface area contributed by atoms with Crippen LogP contribution in [0.25, 0.3) is 0 Å². The largest absolute Gasteiger partial charge is 0.320 e. The SMILES string of the molecule is CCN1CCN(S(=O)(=O)CCCCNC)CC1C. The third kappa shape index (κ3) is 4.50. The molecule has 6 heteroatoms. The van der Waals surface area contributed by atoms with Gasteiger partial charge in [0.25, 0.3) is 0 Å². The summed E-state index contributed by atoms with van der Waals surface area (Å²) in [4.78, 5) is 2.33. The van der Waals surface area contributed by atoms with Gasteiger partial charge in [0.2, 0.25) is 10.0 Å². The molecule has 0 aromatic carbocycles. The van der Waals surface area contributed by atoms with E-state index in [9.17, 15) is 8.42 Å². The summed E-state index contributed by atoms with van der Waals surface area (Å²) in [6, 6.07) is 0.329. The van der Waals surface area contributed by atoms with E-state index in [-0.39, 0.29) is 5.75 Å². The average molecular weight is 277 g/mol. The minimum absolute atomic E-state index is 0.285. The van der Waals surface area contributed by atoms with Crippen molar-refractivity contribution in [2.75, 3.05) is 45.5 Å². The van der Waals surface area contributed by atoms with Crippen molar-refractivity contribution in [1.82, 2.24) is 14.5 Å². The van der Waals surface area contributed by atoms with Crippen LogP contribution < -0.4 is 5.32 Å². The van der Waals surface area contributed by atoms with Gasteiger partial charge < -0.3 is 5.32 Å². The lowest BCUT2D eigenvalue weighted by atomic mass is 10.2. The number of nitrogens with zero attached hydrogens (tertiary/aromatic N) is 2. The van der Waals surface area contributed by atoms with Crippen LogP contribution in [0.1, 0.15) is 26.7 Å². The quantitative estimate of drug-likeness (QED) is 0.682.